The normalized spacial score (nSPS) is 10.4. The van der Waals surface area contributed by atoms with E-state index in [4.69, 9.17) is 15.4 Å². The third-order valence-electron chi connectivity index (χ3n) is 1.86. The second-order valence-corrected chi connectivity index (χ2v) is 5.09. The molecule has 7 heteroatoms. The molecular formula is C11H17NO5S. The average Bonchev–Trinajstić information content (AvgIpc) is 2.24. The molecule has 6 nitrogen and oxygen atoms in total. The smallest absolute Gasteiger partial charge is 0.261 e. The number of carbonyl (C=O) groups is 1. The van der Waals surface area contributed by atoms with E-state index in [1.807, 2.05) is 12.1 Å². The first-order chi connectivity index (χ1) is 8.24. The van der Waals surface area contributed by atoms with Gasteiger partial charge in [0.05, 0.1) is 6.26 Å². The van der Waals surface area contributed by atoms with Crippen LogP contribution in [-0.4, -0.2) is 36.8 Å². The number of aryl methyl sites for hydroxylation is 1. The minimum absolute atomic E-state index is 0.192. The number of amides is 1. The summed E-state index contributed by atoms with van der Waals surface area (Å²) >= 11 is 0. The number of aliphatic hydroxyl groups is 1. The fourth-order valence-corrected chi connectivity index (χ4v) is 1.12. The van der Waals surface area contributed by atoms with Crippen LogP contribution in [0, 0.1) is 0 Å². The molecule has 18 heavy (non-hydrogen) atoms. The molecule has 1 aromatic rings. The third kappa shape index (κ3) is 9.76. The predicted molar refractivity (Wildman–Crippen MR) is 67.8 cm³/mol. The van der Waals surface area contributed by atoms with Crippen molar-refractivity contribution in [1.29, 1.82) is 0 Å². The van der Waals surface area contributed by atoms with E-state index in [1.165, 1.54) is 0 Å². The fraction of sp³-hybridized carbons (Fsp3) is 0.364. The Bertz CT molecular complexity index is 459. The van der Waals surface area contributed by atoms with Crippen molar-refractivity contribution in [2.45, 2.75) is 12.8 Å². The summed E-state index contributed by atoms with van der Waals surface area (Å²) in [5, 5.41) is 8.60. The standard InChI is InChI=1S/C10H13NO2.CH4O3S/c11-10(13)9-5-3-8(4-6-9)2-1-7-12;1-5(2,3)4/h3-6,12H,1-2,7H2,(H2,11,13);1H3,(H,2,3,4). The third-order valence-corrected chi connectivity index (χ3v) is 1.86. The van der Waals surface area contributed by atoms with Crippen molar-refractivity contribution in [3.8, 4) is 0 Å². The first-order valence-corrected chi connectivity index (χ1v) is 7.01. The lowest BCUT2D eigenvalue weighted by Gasteiger charge is -2.00. The Kier molecular flexibility index (Phi) is 7.18. The summed E-state index contributed by atoms with van der Waals surface area (Å²) in [6.07, 6.45) is 2.29. The van der Waals surface area contributed by atoms with Gasteiger partial charge >= 0.3 is 0 Å². The van der Waals surface area contributed by atoms with Gasteiger partial charge in [-0.15, -0.1) is 0 Å². The van der Waals surface area contributed by atoms with Crippen molar-refractivity contribution in [2.75, 3.05) is 12.9 Å². The molecular weight excluding hydrogens is 258 g/mol. The number of hydrogen-bond donors (Lipinski definition) is 3. The van der Waals surface area contributed by atoms with Gasteiger partial charge in [-0.3, -0.25) is 9.35 Å². The van der Waals surface area contributed by atoms with Gasteiger partial charge in [-0.1, -0.05) is 12.1 Å². The first kappa shape index (κ1) is 16.6. The quantitative estimate of drug-likeness (QED) is 0.679. The summed E-state index contributed by atoms with van der Waals surface area (Å²) in [6.45, 7) is 0.192. The van der Waals surface area contributed by atoms with Gasteiger partial charge in [-0.25, -0.2) is 0 Å². The molecule has 102 valence electrons. The lowest BCUT2D eigenvalue weighted by molar-refractivity contribution is 0.1000. The van der Waals surface area contributed by atoms with Crippen LogP contribution in [0.4, 0.5) is 0 Å². The van der Waals surface area contributed by atoms with Crippen molar-refractivity contribution in [3.63, 3.8) is 0 Å². The fourth-order valence-electron chi connectivity index (χ4n) is 1.12. The number of carbonyl (C=O) groups excluding carboxylic acids is 1. The zero-order chi connectivity index (χ0) is 14.2. The van der Waals surface area contributed by atoms with Crippen LogP contribution in [0.15, 0.2) is 24.3 Å². The molecule has 1 amide bonds. The molecule has 0 spiro atoms. The van der Waals surface area contributed by atoms with E-state index in [2.05, 4.69) is 0 Å². The lowest BCUT2D eigenvalue weighted by Crippen LogP contribution is -2.10. The Hall–Kier alpha value is -1.44. The van der Waals surface area contributed by atoms with Gasteiger partial charge in [0.15, 0.2) is 0 Å². The molecule has 0 unspecified atom stereocenters. The summed E-state index contributed by atoms with van der Waals surface area (Å²) in [7, 11) is -3.67. The summed E-state index contributed by atoms with van der Waals surface area (Å²) in [5.41, 5.74) is 6.72. The highest BCUT2D eigenvalue weighted by Crippen LogP contribution is 2.05. The maximum Gasteiger partial charge on any atom is 0.261 e. The SMILES string of the molecule is CS(=O)(=O)O.NC(=O)c1ccc(CCCO)cc1. The van der Waals surface area contributed by atoms with Crippen LogP contribution >= 0.6 is 0 Å². The van der Waals surface area contributed by atoms with E-state index in [0.29, 0.717) is 11.8 Å². The minimum Gasteiger partial charge on any atom is -0.396 e. The molecule has 0 aliphatic heterocycles. The van der Waals surface area contributed by atoms with E-state index in [1.54, 1.807) is 12.1 Å². The zero-order valence-corrected chi connectivity index (χ0v) is 10.9. The Morgan fingerprint density at radius 3 is 2.06 bits per heavy atom. The van der Waals surface area contributed by atoms with E-state index < -0.39 is 16.0 Å². The monoisotopic (exact) mass is 275 g/mol. The maximum atomic E-state index is 10.7. The summed E-state index contributed by atoms with van der Waals surface area (Å²) in [4.78, 5) is 10.7. The van der Waals surface area contributed by atoms with E-state index in [9.17, 15) is 13.2 Å². The molecule has 1 aromatic carbocycles. The van der Waals surface area contributed by atoms with Crippen LogP contribution in [0.3, 0.4) is 0 Å². The molecule has 0 heterocycles. The van der Waals surface area contributed by atoms with Gasteiger partial charge in [-0.05, 0) is 30.5 Å². The Labute approximate surface area is 106 Å². The Balaban J connectivity index is 0.000000494. The molecule has 0 radical (unpaired) electrons. The number of benzene rings is 1. The van der Waals surface area contributed by atoms with Crippen LogP contribution in [0.2, 0.25) is 0 Å². The van der Waals surface area contributed by atoms with E-state index in [-0.39, 0.29) is 6.61 Å². The van der Waals surface area contributed by atoms with Crippen LogP contribution < -0.4 is 5.73 Å². The predicted octanol–water partition coefficient (Wildman–Crippen LogP) is 0.214. The van der Waals surface area contributed by atoms with Gasteiger partial charge in [0.2, 0.25) is 5.91 Å². The van der Waals surface area contributed by atoms with Crippen molar-refractivity contribution >= 4 is 16.0 Å². The molecule has 0 aliphatic rings. The number of aliphatic hydroxyl groups excluding tert-OH is 1. The van der Waals surface area contributed by atoms with Gasteiger partial charge in [-0.2, -0.15) is 8.42 Å². The van der Waals surface area contributed by atoms with Crippen LogP contribution in [0.5, 0.6) is 0 Å². The first-order valence-electron chi connectivity index (χ1n) is 5.16. The maximum absolute atomic E-state index is 10.7. The van der Waals surface area contributed by atoms with Crippen molar-refractivity contribution in [2.24, 2.45) is 5.73 Å². The highest BCUT2D eigenvalue weighted by Gasteiger charge is 1.98. The van der Waals surface area contributed by atoms with Crippen molar-refractivity contribution in [1.82, 2.24) is 0 Å². The van der Waals surface area contributed by atoms with Crippen molar-refractivity contribution < 1.29 is 22.9 Å². The van der Waals surface area contributed by atoms with Crippen LogP contribution in [0.25, 0.3) is 0 Å². The summed E-state index contributed by atoms with van der Waals surface area (Å²) in [5.74, 6) is -0.409. The number of rotatable bonds is 4. The molecule has 0 fully saturated rings. The van der Waals surface area contributed by atoms with Gasteiger partial charge in [0.1, 0.15) is 0 Å². The largest absolute Gasteiger partial charge is 0.396 e. The lowest BCUT2D eigenvalue weighted by atomic mass is 10.1. The zero-order valence-electron chi connectivity index (χ0n) is 10.0. The van der Waals surface area contributed by atoms with Gasteiger partial charge in [0, 0.05) is 12.2 Å². The number of primary amides is 1. The molecule has 1 rings (SSSR count). The second kappa shape index (κ2) is 7.80. The topological polar surface area (TPSA) is 118 Å². The average molecular weight is 275 g/mol. The minimum atomic E-state index is -3.67. The van der Waals surface area contributed by atoms with E-state index >= 15 is 0 Å². The molecule has 0 bridgehead atoms. The second-order valence-electron chi connectivity index (χ2n) is 3.62. The van der Waals surface area contributed by atoms with Crippen LogP contribution in [0.1, 0.15) is 22.3 Å². The Morgan fingerprint density at radius 1 is 1.28 bits per heavy atom. The highest BCUT2D eigenvalue weighted by molar-refractivity contribution is 7.85. The molecule has 0 aliphatic carbocycles. The molecule has 0 aromatic heterocycles. The number of nitrogens with two attached hydrogens (primary N) is 1. The number of hydrogen-bond acceptors (Lipinski definition) is 4. The highest BCUT2D eigenvalue weighted by atomic mass is 32.2. The van der Waals surface area contributed by atoms with E-state index in [0.717, 1.165) is 18.4 Å². The molecule has 0 atom stereocenters. The van der Waals surface area contributed by atoms with Crippen molar-refractivity contribution in [3.05, 3.63) is 35.4 Å². The molecule has 0 saturated heterocycles. The van der Waals surface area contributed by atoms with Gasteiger partial charge < -0.3 is 10.8 Å². The molecule has 0 saturated carbocycles. The molecule has 4 N–H and O–H groups in total. The summed E-state index contributed by atoms with van der Waals surface area (Å²) in [6, 6.07) is 7.12. The summed E-state index contributed by atoms with van der Waals surface area (Å²) < 4.78 is 25.9. The van der Waals surface area contributed by atoms with Gasteiger partial charge in [0.25, 0.3) is 10.1 Å². The Morgan fingerprint density at radius 2 is 1.72 bits per heavy atom. The van der Waals surface area contributed by atoms with Crippen LogP contribution in [-0.2, 0) is 16.5 Å².